The van der Waals surface area contributed by atoms with Crippen molar-refractivity contribution in [3.63, 3.8) is 0 Å². The Balaban J connectivity index is 2.63. The quantitative estimate of drug-likeness (QED) is 0.526. The first-order valence-electron chi connectivity index (χ1n) is 2.08. The summed E-state index contributed by atoms with van der Waals surface area (Å²) in [5.74, 6) is 0. The summed E-state index contributed by atoms with van der Waals surface area (Å²) in [6.07, 6.45) is 4.25. The van der Waals surface area contributed by atoms with E-state index in [-0.39, 0.29) is 0 Å². The van der Waals surface area contributed by atoms with Gasteiger partial charge in [-0.2, -0.15) is 0 Å². The summed E-state index contributed by atoms with van der Waals surface area (Å²) in [7, 11) is 0. The third-order valence-corrected chi connectivity index (χ3v) is 0.918. The standard InChI is InChI=1S/C5H4ClO2/c6-4-1-2-8-5(7)3-4/h1-2,5,7H. The maximum Gasteiger partial charge on any atom is 0.225 e. The van der Waals surface area contributed by atoms with Crippen LogP contribution in [0.25, 0.3) is 0 Å². The number of allylic oxidation sites excluding steroid dienone is 2. The van der Waals surface area contributed by atoms with E-state index in [4.69, 9.17) is 16.7 Å². The molecule has 1 heterocycles. The monoisotopic (exact) mass is 131 g/mol. The lowest BCUT2D eigenvalue weighted by Gasteiger charge is -2.07. The predicted octanol–water partition coefficient (Wildman–Crippen LogP) is 0.775. The highest BCUT2D eigenvalue weighted by Gasteiger charge is 2.02. The van der Waals surface area contributed by atoms with E-state index in [0.29, 0.717) is 5.03 Å². The molecule has 1 rings (SSSR count). The SMILES string of the molecule is OC1[C]=C(Cl)C=CO1. The third-order valence-electron chi connectivity index (χ3n) is 0.683. The first-order chi connectivity index (χ1) is 3.79. The van der Waals surface area contributed by atoms with Gasteiger partial charge in [-0.15, -0.1) is 0 Å². The highest BCUT2D eigenvalue weighted by molar-refractivity contribution is 6.30. The fourth-order valence-electron chi connectivity index (χ4n) is 0.374. The minimum Gasteiger partial charge on any atom is -0.468 e. The van der Waals surface area contributed by atoms with Gasteiger partial charge < -0.3 is 9.84 Å². The summed E-state index contributed by atoms with van der Waals surface area (Å²) in [4.78, 5) is 0. The van der Waals surface area contributed by atoms with Crippen LogP contribution in [0.3, 0.4) is 0 Å². The highest BCUT2D eigenvalue weighted by Crippen LogP contribution is 2.09. The summed E-state index contributed by atoms with van der Waals surface area (Å²) in [6, 6.07) is 0. The minimum absolute atomic E-state index is 0.378. The lowest BCUT2D eigenvalue weighted by molar-refractivity contribution is -0.0199. The van der Waals surface area contributed by atoms with Gasteiger partial charge in [0.1, 0.15) is 0 Å². The molecule has 0 aromatic carbocycles. The van der Waals surface area contributed by atoms with E-state index >= 15 is 0 Å². The molecule has 0 bridgehead atoms. The zero-order valence-electron chi connectivity index (χ0n) is 3.97. The fraction of sp³-hybridized carbons (Fsp3) is 0.200. The van der Waals surface area contributed by atoms with E-state index in [1.807, 2.05) is 0 Å². The second kappa shape index (κ2) is 2.20. The van der Waals surface area contributed by atoms with Crippen molar-refractivity contribution in [1.82, 2.24) is 0 Å². The van der Waals surface area contributed by atoms with Gasteiger partial charge in [-0.3, -0.25) is 0 Å². The van der Waals surface area contributed by atoms with Gasteiger partial charge in [-0.05, 0) is 6.08 Å². The van der Waals surface area contributed by atoms with Crippen LogP contribution in [-0.4, -0.2) is 11.4 Å². The molecule has 1 radical (unpaired) electrons. The summed E-state index contributed by atoms with van der Waals surface area (Å²) in [5, 5.41) is 8.97. The van der Waals surface area contributed by atoms with E-state index in [1.54, 1.807) is 0 Å². The van der Waals surface area contributed by atoms with Gasteiger partial charge in [-0.25, -0.2) is 0 Å². The number of ether oxygens (including phenoxy) is 1. The average Bonchev–Trinajstić information content (AvgIpc) is 1.64. The van der Waals surface area contributed by atoms with E-state index in [2.05, 4.69) is 10.8 Å². The van der Waals surface area contributed by atoms with E-state index < -0.39 is 6.29 Å². The largest absolute Gasteiger partial charge is 0.468 e. The van der Waals surface area contributed by atoms with Crippen molar-refractivity contribution in [2.75, 3.05) is 0 Å². The number of aliphatic hydroxyl groups is 1. The van der Waals surface area contributed by atoms with Gasteiger partial charge in [-0.1, -0.05) is 11.6 Å². The predicted molar refractivity (Wildman–Crippen MR) is 28.8 cm³/mol. The Hall–Kier alpha value is -0.470. The molecule has 1 aliphatic rings. The normalized spacial score (nSPS) is 26.8. The van der Waals surface area contributed by atoms with Crippen molar-refractivity contribution in [1.29, 1.82) is 0 Å². The van der Waals surface area contributed by atoms with Crippen LogP contribution < -0.4 is 0 Å². The second-order valence-electron chi connectivity index (χ2n) is 1.28. The van der Waals surface area contributed by atoms with Gasteiger partial charge in [0.15, 0.2) is 0 Å². The fourth-order valence-corrected chi connectivity index (χ4v) is 0.518. The molecule has 3 heteroatoms. The van der Waals surface area contributed by atoms with Crippen LogP contribution >= 0.6 is 11.6 Å². The third kappa shape index (κ3) is 1.25. The van der Waals surface area contributed by atoms with Crippen LogP contribution in [-0.2, 0) is 4.74 Å². The van der Waals surface area contributed by atoms with Crippen molar-refractivity contribution < 1.29 is 9.84 Å². The van der Waals surface area contributed by atoms with Crippen molar-refractivity contribution in [2.45, 2.75) is 6.29 Å². The van der Waals surface area contributed by atoms with Crippen molar-refractivity contribution in [3.05, 3.63) is 23.4 Å². The summed E-state index contributed by atoms with van der Waals surface area (Å²) < 4.78 is 4.51. The molecular formula is C5H4ClO2. The first-order valence-corrected chi connectivity index (χ1v) is 2.46. The number of halogens is 1. The Morgan fingerprint density at radius 2 is 2.62 bits per heavy atom. The van der Waals surface area contributed by atoms with Crippen LogP contribution in [0.4, 0.5) is 0 Å². The smallest absolute Gasteiger partial charge is 0.225 e. The lowest BCUT2D eigenvalue weighted by Crippen LogP contribution is -2.07. The lowest BCUT2D eigenvalue weighted by atomic mass is 10.4. The minimum atomic E-state index is -0.993. The summed E-state index contributed by atoms with van der Waals surface area (Å²) in [6.45, 7) is 0. The number of aliphatic hydroxyl groups excluding tert-OH is 1. The van der Waals surface area contributed by atoms with Gasteiger partial charge >= 0.3 is 0 Å². The van der Waals surface area contributed by atoms with Crippen LogP contribution in [0.15, 0.2) is 17.4 Å². The molecule has 0 saturated heterocycles. The van der Waals surface area contributed by atoms with Gasteiger partial charge in [0.25, 0.3) is 0 Å². The molecule has 0 aromatic heterocycles. The highest BCUT2D eigenvalue weighted by atomic mass is 35.5. The van der Waals surface area contributed by atoms with Crippen molar-refractivity contribution >= 4 is 11.6 Å². The Labute approximate surface area is 52.0 Å². The molecule has 2 nitrogen and oxygen atoms in total. The molecule has 0 aliphatic carbocycles. The Kier molecular flexibility index (Phi) is 1.56. The molecule has 43 valence electrons. The molecule has 1 aliphatic heterocycles. The molecule has 0 spiro atoms. The zero-order valence-corrected chi connectivity index (χ0v) is 4.72. The average molecular weight is 132 g/mol. The van der Waals surface area contributed by atoms with Crippen LogP contribution in [0.1, 0.15) is 0 Å². The topological polar surface area (TPSA) is 29.5 Å². The second-order valence-corrected chi connectivity index (χ2v) is 1.69. The van der Waals surface area contributed by atoms with E-state index in [0.717, 1.165) is 0 Å². The Bertz CT molecular complexity index is 139. The molecule has 1 unspecified atom stereocenters. The molecule has 1 N–H and O–H groups in total. The Morgan fingerprint density at radius 1 is 1.88 bits per heavy atom. The van der Waals surface area contributed by atoms with Crippen molar-refractivity contribution in [2.24, 2.45) is 0 Å². The van der Waals surface area contributed by atoms with Gasteiger partial charge in [0.05, 0.1) is 11.3 Å². The maximum absolute atomic E-state index is 8.59. The number of hydrogen-bond acceptors (Lipinski definition) is 2. The van der Waals surface area contributed by atoms with Gasteiger partial charge in [0.2, 0.25) is 6.29 Å². The summed E-state index contributed by atoms with van der Waals surface area (Å²) in [5.41, 5.74) is 0. The molecule has 0 aromatic rings. The number of rotatable bonds is 0. The zero-order chi connectivity index (χ0) is 5.98. The molecule has 0 fully saturated rings. The molecule has 8 heavy (non-hydrogen) atoms. The van der Waals surface area contributed by atoms with Crippen LogP contribution in [0.5, 0.6) is 0 Å². The Morgan fingerprint density at radius 3 is 3.00 bits per heavy atom. The molecular weight excluding hydrogens is 128 g/mol. The molecule has 0 saturated carbocycles. The van der Waals surface area contributed by atoms with Crippen LogP contribution in [0, 0.1) is 6.08 Å². The molecule has 1 atom stereocenters. The van der Waals surface area contributed by atoms with Gasteiger partial charge in [0, 0.05) is 6.08 Å². The maximum atomic E-state index is 8.59. The summed E-state index contributed by atoms with van der Waals surface area (Å²) >= 11 is 5.39. The van der Waals surface area contributed by atoms with E-state index in [9.17, 15) is 0 Å². The number of hydrogen-bond donors (Lipinski definition) is 1. The van der Waals surface area contributed by atoms with E-state index in [1.165, 1.54) is 12.3 Å². The first kappa shape index (κ1) is 5.66. The van der Waals surface area contributed by atoms with Crippen LogP contribution in [0.2, 0.25) is 0 Å². The molecule has 0 amide bonds. The van der Waals surface area contributed by atoms with Crippen molar-refractivity contribution in [3.8, 4) is 0 Å².